The summed E-state index contributed by atoms with van der Waals surface area (Å²) >= 11 is 0. The molecule has 0 spiro atoms. The minimum atomic E-state index is 0.396. The Morgan fingerprint density at radius 2 is 2.40 bits per heavy atom. The van der Waals surface area contributed by atoms with Crippen LogP contribution in [-0.2, 0) is 0 Å². The number of aliphatic hydroxyl groups excluding tert-OH is 1. The van der Waals surface area contributed by atoms with Gasteiger partial charge in [0.05, 0.1) is 0 Å². The molecule has 1 N–H and O–H groups in total. The Morgan fingerprint density at radius 1 is 1.50 bits per heavy atom. The summed E-state index contributed by atoms with van der Waals surface area (Å²) in [5.74, 6) is 0.588. The highest BCUT2D eigenvalue weighted by atomic mass is 16.3. The molecule has 0 aliphatic carbocycles. The number of hydrogen-bond donors (Lipinski definition) is 1. The standard InChI is InChI=1S/C8H15NO/c10-6-7-4-8-2-1-3-9(8)5-7/h7-8,10H,1-6H2/t7-,8+/m0/s1. The molecule has 2 atom stereocenters. The van der Waals surface area contributed by atoms with Gasteiger partial charge in [0.15, 0.2) is 0 Å². The van der Waals surface area contributed by atoms with E-state index in [2.05, 4.69) is 4.90 Å². The third kappa shape index (κ3) is 0.956. The van der Waals surface area contributed by atoms with Crippen LogP contribution < -0.4 is 0 Å². The highest BCUT2D eigenvalue weighted by Crippen LogP contribution is 2.30. The van der Waals surface area contributed by atoms with Gasteiger partial charge in [-0.25, -0.2) is 0 Å². The second-order valence-electron chi connectivity index (χ2n) is 3.58. The largest absolute Gasteiger partial charge is 0.396 e. The summed E-state index contributed by atoms with van der Waals surface area (Å²) in [6.07, 6.45) is 4.00. The van der Waals surface area contributed by atoms with E-state index in [1.807, 2.05) is 0 Å². The molecule has 2 aliphatic heterocycles. The summed E-state index contributed by atoms with van der Waals surface area (Å²) in [6, 6.07) is 0.831. The van der Waals surface area contributed by atoms with Gasteiger partial charge in [0, 0.05) is 19.2 Å². The van der Waals surface area contributed by atoms with E-state index in [-0.39, 0.29) is 0 Å². The minimum Gasteiger partial charge on any atom is -0.396 e. The summed E-state index contributed by atoms with van der Waals surface area (Å²) in [5, 5.41) is 8.89. The molecule has 0 radical (unpaired) electrons. The van der Waals surface area contributed by atoms with Crippen LogP contribution in [0.3, 0.4) is 0 Å². The fourth-order valence-corrected chi connectivity index (χ4v) is 2.33. The van der Waals surface area contributed by atoms with Gasteiger partial charge >= 0.3 is 0 Å². The van der Waals surface area contributed by atoms with E-state index >= 15 is 0 Å². The fourth-order valence-electron chi connectivity index (χ4n) is 2.33. The van der Waals surface area contributed by atoms with Gasteiger partial charge in [0.2, 0.25) is 0 Å². The van der Waals surface area contributed by atoms with Gasteiger partial charge in [-0.05, 0) is 31.7 Å². The van der Waals surface area contributed by atoms with Gasteiger partial charge in [-0.2, -0.15) is 0 Å². The molecule has 2 rings (SSSR count). The van der Waals surface area contributed by atoms with Crippen LogP contribution in [0.25, 0.3) is 0 Å². The molecule has 0 bridgehead atoms. The van der Waals surface area contributed by atoms with Crippen LogP contribution in [0.1, 0.15) is 19.3 Å². The zero-order valence-electron chi connectivity index (χ0n) is 6.29. The van der Waals surface area contributed by atoms with Crippen molar-refractivity contribution in [3.8, 4) is 0 Å². The van der Waals surface area contributed by atoms with E-state index in [0.717, 1.165) is 12.6 Å². The zero-order valence-corrected chi connectivity index (χ0v) is 6.29. The first kappa shape index (κ1) is 6.62. The van der Waals surface area contributed by atoms with E-state index in [4.69, 9.17) is 5.11 Å². The van der Waals surface area contributed by atoms with E-state index in [0.29, 0.717) is 12.5 Å². The van der Waals surface area contributed by atoms with Crippen LogP contribution in [0.5, 0.6) is 0 Å². The third-order valence-electron chi connectivity index (χ3n) is 2.86. The highest BCUT2D eigenvalue weighted by Gasteiger charge is 2.34. The number of nitrogens with zero attached hydrogens (tertiary/aromatic N) is 1. The molecule has 0 amide bonds. The molecule has 0 aromatic carbocycles. The first-order chi connectivity index (χ1) is 4.90. The lowest BCUT2D eigenvalue weighted by atomic mass is 10.0. The second-order valence-corrected chi connectivity index (χ2v) is 3.58. The molecule has 2 fully saturated rings. The Hall–Kier alpha value is -0.0800. The molecule has 2 heteroatoms. The summed E-state index contributed by atoms with van der Waals surface area (Å²) < 4.78 is 0. The summed E-state index contributed by atoms with van der Waals surface area (Å²) in [6.45, 7) is 2.83. The lowest BCUT2D eigenvalue weighted by Gasteiger charge is -2.12. The van der Waals surface area contributed by atoms with Crippen molar-refractivity contribution in [3.05, 3.63) is 0 Å². The number of rotatable bonds is 1. The van der Waals surface area contributed by atoms with Crippen molar-refractivity contribution in [1.29, 1.82) is 0 Å². The van der Waals surface area contributed by atoms with Gasteiger partial charge < -0.3 is 10.0 Å². The van der Waals surface area contributed by atoms with Gasteiger partial charge in [0.25, 0.3) is 0 Å². The van der Waals surface area contributed by atoms with Crippen molar-refractivity contribution in [2.24, 2.45) is 5.92 Å². The van der Waals surface area contributed by atoms with Crippen LogP contribution in [0.15, 0.2) is 0 Å². The maximum atomic E-state index is 8.89. The Kier molecular flexibility index (Phi) is 1.66. The smallest absolute Gasteiger partial charge is 0.0472 e. The van der Waals surface area contributed by atoms with Crippen LogP contribution in [-0.4, -0.2) is 35.7 Å². The quantitative estimate of drug-likeness (QED) is 0.573. The van der Waals surface area contributed by atoms with Crippen molar-refractivity contribution in [2.75, 3.05) is 19.7 Å². The summed E-state index contributed by atoms with van der Waals surface area (Å²) in [7, 11) is 0. The van der Waals surface area contributed by atoms with Crippen molar-refractivity contribution >= 4 is 0 Å². The minimum absolute atomic E-state index is 0.396. The SMILES string of the molecule is OC[C@H]1C[C@H]2CCCN2C1. The van der Waals surface area contributed by atoms with Crippen molar-refractivity contribution in [3.63, 3.8) is 0 Å². The van der Waals surface area contributed by atoms with E-state index in [1.54, 1.807) is 0 Å². The Morgan fingerprint density at radius 3 is 3.10 bits per heavy atom. The summed E-state index contributed by atoms with van der Waals surface area (Å²) in [5.41, 5.74) is 0. The molecule has 2 aliphatic rings. The van der Waals surface area contributed by atoms with Crippen molar-refractivity contribution in [1.82, 2.24) is 4.90 Å². The maximum Gasteiger partial charge on any atom is 0.0472 e. The van der Waals surface area contributed by atoms with Gasteiger partial charge in [-0.15, -0.1) is 0 Å². The highest BCUT2D eigenvalue weighted by molar-refractivity contribution is 4.88. The molecular formula is C8H15NO. The van der Waals surface area contributed by atoms with Crippen molar-refractivity contribution in [2.45, 2.75) is 25.3 Å². The molecule has 0 saturated carbocycles. The average molecular weight is 141 g/mol. The fraction of sp³-hybridized carbons (Fsp3) is 1.00. The zero-order chi connectivity index (χ0) is 6.97. The maximum absolute atomic E-state index is 8.89. The van der Waals surface area contributed by atoms with Gasteiger partial charge in [0.1, 0.15) is 0 Å². The third-order valence-corrected chi connectivity index (χ3v) is 2.86. The van der Waals surface area contributed by atoms with E-state index < -0.39 is 0 Å². The van der Waals surface area contributed by atoms with Gasteiger partial charge in [-0.1, -0.05) is 0 Å². The molecule has 2 heterocycles. The average Bonchev–Trinajstić information content (AvgIpc) is 2.42. The lowest BCUT2D eigenvalue weighted by Crippen LogP contribution is -2.22. The monoisotopic (exact) mass is 141 g/mol. The molecule has 10 heavy (non-hydrogen) atoms. The predicted octanol–water partition coefficient (Wildman–Crippen LogP) is 0.463. The molecule has 0 aromatic rings. The first-order valence-corrected chi connectivity index (χ1v) is 4.25. The molecule has 2 nitrogen and oxygen atoms in total. The molecule has 2 saturated heterocycles. The Balaban J connectivity index is 1.94. The second kappa shape index (κ2) is 2.51. The van der Waals surface area contributed by atoms with Crippen LogP contribution in [0, 0.1) is 5.92 Å². The topological polar surface area (TPSA) is 23.5 Å². The van der Waals surface area contributed by atoms with E-state index in [1.165, 1.54) is 25.8 Å². The van der Waals surface area contributed by atoms with Crippen molar-refractivity contribution < 1.29 is 5.11 Å². The lowest BCUT2D eigenvalue weighted by molar-refractivity contribution is 0.223. The number of hydrogen-bond acceptors (Lipinski definition) is 2. The predicted molar refractivity (Wildman–Crippen MR) is 39.8 cm³/mol. The normalized spacial score (nSPS) is 40.5. The molecule has 0 unspecified atom stereocenters. The number of aliphatic hydroxyl groups is 1. The first-order valence-electron chi connectivity index (χ1n) is 4.25. The van der Waals surface area contributed by atoms with Gasteiger partial charge in [-0.3, -0.25) is 0 Å². The van der Waals surface area contributed by atoms with Crippen LogP contribution in [0.4, 0.5) is 0 Å². The molecule has 58 valence electrons. The van der Waals surface area contributed by atoms with Crippen LogP contribution >= 0.6 is 0 Å². The van der Waals surface area contributed by atoms with Crippen LogP contribution in [0.2, 0.25) is 0 Å². The Labute approximate surface area is 61.8 Å². The molecule has 0 aromatic heterocycles. The molecular weight excluding hydrogens is 126 g/mol. The summed E-state index contributed by atoms with van der Waals surface area (Å²) in [4.78, 5) is 2.53. The van der Waals surface area contributed by atoms with E-state index in [9.17, 15) is 0 Å². The Bertz CT molecular complexity index is 114. The number of fused-ring (bicyclic) bond motifs is 1.